The molecule has 0 aliphatic heterocycles. The van der Waals surface area contributed by atoms with E-state index in [0.717, 1.165) is 45.6 Å². The van der Waals surface area contributed by atoms with E-state index in [1.54, 1.807) is 0 Å². The molecule has 250 valence electrons. The summed E-state index contributed by atoms with van der Waals surface area (Å²) in [6, 6.07) is 56.1. The summed E-state index contributed by atoms with van der Waals surface area (Å²) in [6.07, 6.45) is 5.66. The lowest BCUT2D eigenvalue weighted by Gasteiger charge is -2.30. The van der Waals surface area contributed by atoms with Crippen LogP contribution in [0.25, 0.3) is 28.0 Å². The Morgan fingerprint density at radius 1 is 0.510 bits per heavy atom. The molecule has 7 aromatic rings. The fourth-order valence-electron chi connectivity index (χ4n) is 7.09. The average Bonchev–Trinajstić information content (AvgIpc) is 3.18. The quantitative estimate of drug-likeness (QED) is 0.140. The number of fused-ring (bicyclic) bond motifs is 2. The number of aryl methyl sites for hydroxylation is 2. The zero-order valence-electron chi connectivity index (χ0n) is 29.2. The van der Waals surface area contributed by atoms with Gasteiger partial charge in [-0.15, -0.1) is 0 Å². The number of allylic oxidation sites excluding steroid dienone is 1. The molecule has 4 heteroatoms. The van der Waals surface area contributed by atoms with Crippen LogP contribution in [0.3, 0.4) is 0 Å². The lowest BCUT2D eigenvalue weighted by Crippen LogP contribution is -2.17. The summed E-state index contributed by atoms with van der Waals surface area (Å²) in [6.45, 7) is 6.74. The van der Waals surface area contributed by atoms with Crippen molar-refractivity contribution in [3.63, 3.8) is 0 Å². The van der Waals surface area contributed by atoms with E-state index in [2.05, 4.69) is 191 Å². The third-order valence-electron chi connectivity index (χ3n) is 9.61. The average molecular weight is 699 g/mol. The van der Waals surface area contributed by atoms with Crippen LogP contribution in [-0.4, -0.2) is 0 Å². The molecule has 1 atom stereocenters. The van der Waals surface area contributed by atoms with Crippen LogP contribution in [0.15, 0.2) is 164 Å². The smallest absolute Gasteiger partial charge is 0.150 e. The fourth-order valence-corrected chi connectivity index (χ4v) is 10.7. The molecule has 7 aromatic carbocycles. The van der Waals surface area contributed by atoms with Crippen molar-refractivity contribution in [2.45, 2.75) is 33.1 Å². The zero-order valence-corrected chi connectivity index (χ0v) is 31.0. The van der Waals surface area contributed by atoms with Gasteiger partial charge in [0.25, 0.3) is 0 Å². The summed E-state index contributed by atoms with van der Waals surface area (Å²) >= 11 is 0. The Morgan fingerprint density at radius 2 is 0.941 bits per heavy atom. The third kappa shape index (κ3) is 6.63. The first-order valence-electron chi connectivity index (χ1n) is 17.6. The van der Waals surface area contributed by atoms with Crippen molar-refractivity contribution in [2.75, 3.05) is 0 Å². The van der Waals surface area contributed by atoms with Gasteiger partial charge >= 0.3 is 0 Å². The van der Waals surface area contributed by atoms with Gasteiger partial charge in [0.2, 0.25) is 0 Å². The van der Waals surface area contributed by atoms with E-state index in [1.165, 1.54) is 37.7 Å². The molecule has 2 nitrogen and oxygen atoms in total. The Balaban J connectivity index is 1.42. The predicted molar refractivity (Wildman–Crippen MR) is 220 cm³/mol. The Bertz CT molecular complexity index is 2240. The number of rotatable bonds is 9. The fraction of sp³-hybridized carbons (Fsp3) is 0.106. The molecule has 8 rings (SSSR count). The summed E-state index contributed by atoms with van der Waals surface area (Å²) in [7, 11) is -2.37. The van der Waals surface area contributed by atoms with Crippen LogP contribution < -0.4 is 30.3 Å². The molecule has 0 amide bonds. The van der Waals surface area contributed by atoms with Crippen LogP contribution in [0.2, 0.25) is 0 Å². The molecule has 51 heavy (non-hydrogen) atoms. The van der Waals surface area contributed by atoms with Gasteiger partial charge in [0.1, 0.15) is 11.5 Å². The molecule has 0 radical (unpaired) electrons. The minimum absolute atomic E-state index is 0.382. The summed E-state index contributed by atoms with van der Waals surface area (Å²) in [5.74, 6) is 2.20. The number of benzene rings is 7. The van der Waals surface area contributed by atoms with E-state index in [0.29, 0.717) is 5.92 Å². The maximum absolute atomic E-state index is 7.50. The first kappa shape index (κ1) is 33.2. The topological polar surface area (TPSA) is 18.5 Å². The number of hydrogen-bond donors (Lipinski definition) is 0. The molecular formula is C47H40O2P2. The van der Waals surface area contributed by atoms with E-state index in [4.69, 9.17) is 9.05 Å². The van der Waals surface area contributed by atoms with Gasteiger partial charge in [-0.05, 0) is 65.3 Å². The van der Waals surface area contributed by atoms with Crippen LogP contribution in [0.5, 0.6) is 11.5 Å². The SMILES string of the molecule is Cc1cc2c(c(-c3c(OP(c4ccccc4)c4ccccc4)c(C)cc4ccccc34)c1OP(c1ccccc1)c1ccccc1)C=CCC2C. The normalized spacial score (nSPS) is 13.8. The van der Waals surface area contributed by atoms with E-state index in [1.807, 2.05) is 0 Å². The highest BCUT2D eigenvalue weighted by molar-refractivity contribution is 7.69. The maximum Gasteiger partial charge on any atom is 0.150 e. The molecule has 0 saturated carbocycles. The first-order chi connectivity index (χ1) is 25.1. The van der Waals surface area contributed by atoms with Crippen LogP contribution in [-0.2, 0) is 0 Å². The maximum atomic E-state index is 7.50. The Kier molecular flexibility index (Phi) is 9.55. The van der Waals surface area contributed by atoms with Gasteiger partial charge in [0.05, 0.1) is 0 Å². The van der Waals surface area contributed by atoms with Crippen molar-refractivity contribution < 1.29 is 9.05 Å². The monoisotopic (exact) mass is 698 g/mol. The summed E-state index contributed by atoms with van der Waals surface area (Å²) in [4.78, 5) is 0. The van der Waals surface area contributed by atoms with E-state index in [9.17, 15) is 0 Å². The first-order valence-corrected chi connectivity index (χ1v) is 20.1. The third-order valence-corrected chi connectivity index (χ3v) is 13.4. The molecule has 1 aliphatic carbocycles. The van der Waals surface area contributed by atoms with Gasteiger partial charge in [0.15, 0.2) is 16.3 Å². The van der Waals surface area contributed by atoms with Crippen molar-refractivity contribution in [2.24, 2.45) is 0 Å². The van der Waals surface area contributed by atoms with Crippen LogP contribution in [0, 0.1) is 13.8 Å². The second-order valence-electron chi connectivity index (χ2n) is 13.2. The second kappa shape index (κ2) is 14.7. The van der Waals surface area contributed by atoms with Crippen molar-refractivity contribution in [1.82, 2.24) is 0 Å². The van der Waals surface area contributed by atoms with Gasteiger partial charge < -0.3 is 9.05 Å². The summed E-state index contributed by atoms with van der Waals surface area (Å²) < 4.78 is 15.0. The molecule has 0 fully saturated rings. The van der Waals surface area contributed by atoms with Crippen molar-refractivity contribution in [3.05, 3.63) is 186 Å². The Labute approximate surface area is 304 Å². The molecule has 0 heterocycles. The molecule has 1 aliphatic rings. The van der Waals surface area contributed by atoms with Crippen molar-refractivity contribution >= 4 is 54.4 Å². The van der Waals surface area contributed by atoms with E-state index >= 15 is 0 Å². The van der Waals surface area contributed by atoms with Crippen LogP contribution in [0.4, 0.5) is 0 Å². The molecule has 0 bridgehead atoms. The minimum atomic E-state index is -1.19. The van der Waals surface area contributed by atoms with Crippen LogP contribution >= 0.6 is 16.3 Å². The molecule has 0 aromatic heterocycles. The molecule has 0 N–H and O–H groups in total. The second-order valence-corrected chi connectivity index (χ2v) is 16.8. The highest BCUT2D eigenvalue weighted by Gasteiger charge is 2.30. The predicted octanol–water partition coefficient (Wildman–Crippen LogP) is 11.5. The van der Waals surface area contributed by atoms with Crippen LogP contribution in [0.1, 0.15) is 41.5 Å². The van der Waals surface area contributed by atoms with E-state index < -0.39 is 16.3 Å². The summed E-state index contributed by atoms with van der Waals surface area (Å²) in [5.41, 5.74) is 7.01. The van der Waals surface area contributed by atoms with Gasteiger partial charge in [-0.2, -0.15) is 0 Å². The summed E-state index contributed by atoms with van der Waals surface area (Å²) in [5, 5.41) is 7.03. The molecule has 1 unspecified atom stereocenters. The van der Waals surface area contributed by atoms with Gasteiger partial charge in [-0.25, -0.2) is 0 Å². The van der Waals surface area contributed by atoms with Crippen molar-refractivity contribution in [1.29, 1.82) is 0 Å². The van der Waals surface area contributed by atoms with E-state index in [-0.39, 0.29) is 0 Å². The highest BCUT2D eigenvalue weighted by atomic mass is 31.1. The Hall–Kier alpha value is -5.00. The zero-order chi connectivity index (χ0) is 34.7. The Morgan fingerprint density at radius 3 is 1.45 bits per heavy atom. The molecule has 0 saturated heterocycles. The van der Waals surface area contributed by atoms with Gasteiger partial charge in [-0.3, -0.25) is 0 Å². The minimum Gasteiger partial charge on any atom is -0.464 e. The standard InChI is InChI=1S/C47H40O2P2/c1-33-19-18-30-42-43(33)32-35(3)47(49-51(39-25-12-6-13-26-39)40-27-14-7-15-28-40)45(42)44-41-29-17-16-20-36(41)31-34(2)46(44)48-50(37-21-8-4-9-22-37)38-23-10-5-11-24-38/h4-18,20-33H,19H2,1-3H3. The molecular weight excluding hydrogens is 658 g/mol. The molecule has 0 spiro atoms. The number of hydrogen-bond acceptors (Lipinski definition) is 2. The lowest BCUT2D eigenvalue weighted by atomic mass is 9.81. The lowest BCUT2D eigenvalue weighted by molar-refractivity contribution is 0.615. The largest absolute Gasteiger partial charge is 0.464 e. The van der Waals surface area contributed by atoms with Gasteiger partial charge in [-0.1, -0.05) is 171 Å². The van der Waals surface area contributed by atoms with Crippen molar-refractivity contribution in [3.8, 4) is 22.6 Å². The van der Waals surface area contributed by atoms with Gasteiger partial charge in [0, 0.05) is 32.3 Å². The highest BCUT2D eigenvalue weighted by Crippen LogP contribution is 2.54.